The van der Waals surface area contributed by atoms with E-state index >= 15 is 0 Å². The van der Waals surface area contributed by atoms with E-state index in [0.29, 0.717) is 11.3 Å². The molecule has 0 radical (unpaired) electrons. The average Bonchev–Trinajstić information content (AvgIpc) is 2.98. The first-order valence-corrected chi connectivity index (χ1v) is 4.49. The van der Waals surface area contributed by atoms with Crippen LogP contribution in [0.2, 0.25) is 0 Å². The molecule has 3 heteroatoms. The Kier molecular flexibility index (Phi) is 2.12. The molecule has 2 rings (SSSR count). The minimum atomic E-state index is -0.242. The second-order valence-electron chi connectivity index (χ2n) is 3.47. The highest BCUT2D eigenvalue weighted by atomic mass is 19.1. The third-order valence-electron chi connectivity index (χ3n) is 2.56. The topological polar surface area (TPSA) is 33.0 Å². The van der Waals surface area contributed by atoms with E-state index in [-0.39, 0.29) is 17.7 Å². The number of halogens is 1. The lowest BCUT2D eigenvalue weighted by Gasteiger charge is -2.04. The van der Waals surface area contributed by atoms with Crippen LogP contribution in [-0.2, 0) is 0 Å². The highest BCUT2D eigenvalue weighted by molar-refractivity contribution is 5.36. The quantitative estimate of drug-likeness (QED) is 0.719. The third-order valence-corrected chi connectivity index (χ3v) is 2.56. The van der Waals surface area contributed by atoms with Crippen LogP contribution in [0.1, 0.15) is 17.9 Å². The van der Waals surface area contributed by atoms with Crippen molar-refractivity contribution >= 4 is 0 Å². The number of hydrogen-bond donors (Lipinski definition) is 0. The van der Waals surface area contributed by atoms with Gasteiger partial charge in [0, 0.05) is 5.92 Å². The molecule has 0 amide bonds. The maximum Gasteiger partial charge on any atom is 0.126 e. The monoisotopic (exact) mass is 191 g/mol. The first kappa shape index (κ1) is 9.01. The SMILES string of the molecule is COc1ccc(F)c([C@@H]2C[C@H]2C#N)c1. The predicted molar refractivity (Wildman–Crippen MR) is 49.4 cm³/mol. The van der Waals surface area contributed by atoms with Gasteiger partial charge in [-0.1, -0.05) is 0 Å². The molecule has 0 unspecified atom stereocenters. The van der Waals surface area contributed by atoms with Crippen molar-refractivity contribution in [3.8, 4) is 11.8 Å². The van der Waals surface area contributed by atoms with Gasteiger partial charge < -0.3 is 4.74 Å². The standard InChI is InChI=1S/C11H10FNO/c1-14-8-2-3-11(12)10(5-8)9-4-7(9)6-13/h2-3,5,7,9H,4H2,1H3/t7-,9+/m0/s1. The van der Waals surface area contributed by atoms with Gasteiger partial charge in [-0.25, -0.2) is 4.39 Å². The zero-order chi connectivity index (χ0) is 10.1. The van der Waals surface area contributed by atoms with E-state index in [1.165, 1.54) is 6.07 Å². The molecule has 1 aliphatic rings. The second kappa shape index (κ2) is 3.30. The maximum absolute atomic E-state index is 13.3. The summed E-state index contributed by atoms with van der Waals surface area (Å²) in [5, 5.41) is 8.65. The molecule has 0 N–H and O–H groups in total. The van der Waals surface area contributed by atoms with Gasteiger partial charge in [-0.2, -0.15) is 5.26 Å². The van der Waals surface area contributed by atoms with Crippen molar-refractivity contribution in [2.75, 3.05) is 7.11 Å². The Balaban J connectivity index is 2.29. The zero-order valence-corrected chi connectivity index (χ0v) is 7.83. The van der Waals surface area contributed by atoms with E-state index in [1.807, 2.05) is 0 Å². The molecule has 1 aliphatic carbocycles. The van der Waals surface area contributed by atoms with Crippen LogP contribution in [0, 0.1) is 23.1 Å². The fraction of sp³-hybridized carbons (Fsp3) is 0.364. The summed E-state index contributed by atoms with van der Waals surface area (Å²) in [7, 11) is 1.55. The van der Waals surface area contributed by atoms with Gasteiger partial charge in [0.1, 0.15) is 11.6 Å². The Morgan fingerprint density at radius 2 is 2.36 bits per heavy atom. The van der Waals surface area contributed by atoms with Gasteiger partial charge in [0.15, 0.2) is 0 Å². The number of rotatable bonds is 2. The van der Waals surface area contributed by atoms with Crippen molar-refractivity contribution < 1.29 is 9.13 Å². The Hall–Kier alpha value is -1.56. The molecule has 2 nitrogen and oxygen atoms in total. The summed E-state index contributed by atoms with van der Waals surface area (Å²) in [6, 6.07) is 6.80. The fourth-order valence-corrected chi connectivity index (χ4v) is 1.61. The molecule has 1 fully saturated rings. The minimum absolute atomic E-state index is 0.0170. The molecule has 1 aromatic rings. The van der Waals surface area contributed by atoms with Crippen LogP contribution in [0.5, 0.6) is 5.75 Å². The lowest BCUT2D eigenvalue weighted by atomic mass is 10.1. The largest absolute Gasteiger partial charge is 0.497 e. The molecule has 2 atom stereocenters. The average molecular weight is 191 g/mol. The minimum Gasteiger partial charge on any atom is -0.497 e. The van der Waals surface area contributed by atoms with E-state index in [1.54, 1.807) is 19.2 Å². The molecule has 14 heavy (non-hydrogen) atoms. The van der Waals surface area contributed by atoms with E-state index in [0.717, 1.165) is 6.42 Å². The molecule has 1 aromatic carbocycles. The highest BCUT2D eigenvalue weighted by Crippen LogP contribution is 2.48. The Morgan fingerprint density at radius 3 is 2.93 bits per heavy atom. The zero-order valence-electron chi connectivity index (χ0n) is 7.83. The Bertz CT molecular complexity index is 397. The Morgan fingerprint density at radius 1 is 1.57 bits per heavy atom. The number of ether oxygens (including phenoxy) is 1. The summed E-state index contributed by atoms with van der Waals surface area (Å²) in [6.07, 6.45) is 0.764. The van der Waals surface area contributed by atoms with E-state index in [2.05, 4.69) is 6.07 Å². The molecule has 1 saturated carbocycles. The van der Waals surface area contributed by atoms with Crippen molar-refractivity contribution in [2.24, 2.45) is 5.92 Å². The first-order chi connectivity index (χ1) is 6.76. The number of benzene rings is 1. The van der Waals surface area contributed by atoms with Crippen molar-refractivity contribution in [1.29, 1.82) is 5.26 Å². The molecular formula is C11H10FNO. The first-order valence-electron chi connectivity index (χ1n) is 4.49. The number of nitrogens with zero attached hydrogens (tertiary/aromatic N) is 1. The van der Waals surface area contributed by atoms with Crippen LogP contribution >= 0.6 is 0 Å². The van der Waals surface area contributed by atoms with Crippen molar-refractivity contribution in [2.45, 2.75) is 12.3 Å². The van der Waals surface area contributed by atoms with Gasteiger partial charge in [-0.05, 0) is 30.2 Å². The van der Waals surface area contributed by atoms with Crippen LogP contribution in [0.25, 0.3) is 0 Å². The van der Waals surface area contributed by atoms with E-state index < -0.39 is 0 Å². The third kappa shape index (κ3) is 1.44. The lowest BCUT2D eigenvalue weighted by molar-refractivity contribution is 0.412. The van der Waals surface area contributed by atoms with E-state index in [4.69, 9.17) is 10.00 Å². The molecule has 0 aromatic heterocycles. The predicted octanol–water partition coefficient (Wildman–Crippen LogP) is 2.46. The normalized spacial score (nSPS) is 24.1. The van der Waals surface area contributed by atoms with Crippen LogP contribution in [0.4, 0.5) is 4.39 Å². The van der Waals surface area contributed by atoms with Gasteiger partial charge in [0.05, 0.1) is 19.1 Å². The van der Waals surface area contributed by atoms with Gasteiger partial charge in [-0.3, -0.25) is 0 Å². The van der Waals surface area contributed by atoms with Gasteiger partial charge in [0.2, 0.25) is 0 Å². The van der Waals surface area contributed by atoms with Crippen molar-refractivity contribution in [1.82, 2.24) is 0 Å². The second-order valence-corrected chi connectivity index (χ2v) is 3.47. The van der Waals surface area contributed by atoms with Crippen molar-refractivity contribution in [3.63, 3.8) is 0 Å². The summed E-state index contributed by atoms with van der Waals surface area (Å²) in [5.41, 5.74) is 0.607. The summed E-state index contributed by atoms with van der Waals surface area (Å²) in [6.45, 7) is 0. The van der Waals surface area contributed by atoms with Crippen molar-refractivity contribution in [3.05, 3.63) is 29.6 Å². The molecule has 0 bridgehead atoms. The number of hydrogen-bond acceptors (Lipinski definition) is 2. The molecule has 0 aliphatic heterocycles. The van der Waals surface area contributed by atoms with Crippen LogP contribution < -0.4 is 4.74 Å². The molecule has 72 valence electrons. The van der Waals surface area contributed by atoms with E-state index in [9.17, 15) is 4.39 Å². The Labute approximate surface area is 81.9 Å². The highest BCUT2D eigenvalue weighted by Gasteiger charge is 2.40. The van der Waals surface area contributed by atoms with Crippen LogP contribution in [-0.4, -0.2) is 7.11 Å². The lowest BCUT2D eigenvalue weighted by Crippen LogP contribution is -1.91. The number of methoxy groups -OCH3 is 1. The smallest absolute Gasteiger partial charge is 0.126 e. The number of nitriles is 1. The summed E-state index contributed by atoms with van der Waals surface area (Å²) in [5.74, 6) is 0.449. The van der Waals surface area contributed by atoms with Gasteiger partial charge in [0.25, 0.3) is 0 Å². The maximum atomic E-state index is 13.3. The summed E-state index contributed by atoms with van der Waals surface area (Å²) in [4.78, 5) is 0. The molecular weight excluding hydrogens is 181 g/mol. The summed E-state index contributed by atoms with van der Waals surface area (Å²) < 4.78 is 18.3. The van der Waals surface area contributed by atoms with Crippen LogP contribution in [0.15, 0.2) is 18.2 Å². The summed E-state index contributed by atoms with van der Waals surface area (Å²) >= 11 is 0. The van der Waals surface area contributed by atoms with Crippen LogP contribution in [0.3, 0.4) is 0 Å². The molecule has 0 spiro atoms. The van der Waals surface area contributed by atoms with Gasteiger partial charge in [-0.15, -0.1) is 0 Å². The van der Waals surface area contributed by atoms with Gasteiger partial charge >= 0.3 is 0 Å². The molecule has 0 saturated heterocycles. The fourth-order valence-electron chi connectivity index (χ4n) is 1.61. The molecule has 0 heterocycles.